The number of aromatic nitrogens is 1. The van der Waals surface area contributed by atoms with E-state index in [0.29, 0.717) is 40.9 Å². The van der Waals surface area contributed by atoms with Gasteiger partial charge in [0.1, 0.15) is 17.3 Å². The molecule has 3 aliphatic rings. The number of fused-ring (bicyclic) bond motifs is 2. The molecule has 0 bridgehead atoms. The number of hydrogen-bond acceptors (Lipinski definition) is 7. The standard InChI is InChI=1S/C25H23F2N3O5S/c1-29-9-7-15-13(12-36(3,33)34)10-16-20-19(6-8-28-22(20)21(15)24(29)31)30(23(16)25(32)35-2)18-5-4-14(26)11-17(18)27/h4-5,7,9-11,19,28H,6,8,12H2,1-3H3. The fourth-order valence-electron chi connectivity index (χ4n) is 5.16. The van der Waals surface area contributed by atoms with Crippen LogP contribution in [0.3, 0.4) is 0 Å². The largest absolute Gasteiger partial charge is 0.464 e. The lowest BCUT2D eigenvalue weighted by atomic mass is 9.91. The molecule has 1 N–H and O–H groups in total. The van der Waals surface area contributed by atoms with Crippen molar-refractivity contribution in [2.45, 2.75) is 12.5 Å². The monoisotopic (exact) mass is 515 g/mol. The zero-order chi connectivity index (χ0) is 25.9. The molecule has 1 aliphatic carbocycles. The molecule has 5 rings (SSSR count). The van der Waals surface area contributed by atoms with Crippen molar-refractivity contribution in [1.82, 2.24) is 9.88 Å². The topological polar surface area (TPSA) is 97.7 Å². The van der Waals surface area contributed by atoms with Crippen LogP contribution in [-0.2, 0) is 26.4 Å². The average Bonchev–Trinajstić information content (AvgIpc) is 3.05. The molecule has 2 aromatic rings. The molecule has 0 amide bonds. The van der Waals surface area contributed by atoms with E-state index in [1.54, 1.807) is 25.4 Å². The summed E-state index contributed by atoms with van der Waals surface area (Å²) in [6, 6.07) is 4.16. The highest BCUT2D eigenvalue weighted by Gasteiger charge is 2.46. The van der Waals surface area contributed by atoms with Gasteiger partial charge in [-0.05, 0) is 41.8 Å². The molecule has 11 heteroatoms. The summed E-state index contributed by atoms with van der Waals surface area (Å²) >= 11 is 0. The van der Waals surface area contributed by atoms with Crippen LogP contribution in [0.15, 0.2) is 58.2 Å². The van der Waals surface area contributed by atoms with Crippen LogP contribution < -0.4 is 15.8 Å². The van der Waals surface area contributed by atoms with Crippen LogP contribution in [0.2, 0.25) is 0 Å². The van der Waals surface area contributed by atoms with Crippen LogP contribution in [0.5, 0.6) is 0 Å². The van der Waals surface area contributed by atoms with E-state index in [1.807, 2.05) is 0 Å². The lowest BCUT2D eigenvalue weighted by molar-refractivity contribution is -0.136. The molecule has 8 nitrogen and oxygen atoms in total. The highest BCUT2D eigenvalue weighted by Crippen LogP contribution is 2.47. The van der Waals surface area contributed by atoms with Gasteiger partial charge in [-0.15, -0.1) is 0 Å². The molecule has 0 saturated carbocycles. The molecule has 36 heavy (non-hydrogen) atoms. The summed E-state index contributed by atoms with van der Waals surface area (Å²) in [6.45, 7) is 0.392. The molecule has 2 aliphatic heterocycles. The Balaban J connectivity index is 1.91. The number of carbonyl (C=O) groups is 1. The summed E-state index contributed by atoms with van der Waals surface area (Å²) in [5.74, 6) is -2.80. The highest BCUT2D eigenvalue weighted by molar-refractivity contribution is 7.91. The Morgan fingerprint density at radius 2 is 2.00 bits per heavy atom. The third-order valence-corrected chi connectivity index (χ3v) is 7.40. The molecule has 188 valence electrons. The van der Waals surface area contributed by atoms with Crippen LogP contribution in [0, 0.1) is 11.6 Å². The second kappa shape index (κ2) is 8.44. The first kappa shape index (κ1) is 24.0. The molecular formula is C25H23F2N3O5S. The molecule has 0 radical (unpaired) electrons. The number of ether oxygens (including phenoxy) is 1. The summed E-state index contributed by atoms with van der Waals surface area (Å²) in [5, 5.41) is 3.26. The predicted octanol–water partition coefficient (Wildman–Crippen LogP) is 2.13. The Hall–Kier alpha value is -3.73. The number of hydrogen-bond donors (Lipinski definition) is 1. The van der Waals surface area contributed by atoms with Gasteiger partial charge in [0.15, 0.2) is 9.84 Å². The van der Waals surface area contributed by atoms with Gasteiger partial charge in [-0.1, -0.05) is 0 Å². The minimum Gasteiger partial charge on any atom is -0.464 e. The second-order valence-electron chi connectivity index (χ2n) is 9.00. The molecule has 1 unspecified atom stereocenters. The maximum atomic E-state index is 15.0. The molecule has 1 aromatic carbocycles. The third kappa shape index (κ3) is 3.74. The van der Waals surface area contributed by atoms with E-state index in [4.69, 9.17) is 4.74 Å². The van der Waals surface area contributed by atoms with E-state index >= 15 is 4.39 Å². The molecule has 3 heterocycles. The van der Waals surface area contributed by atoms with E-state index in [-0.39, 0.29) is 28.3 Å². The number of esters is 1. The number of aryl methyl sites for hydroxylation is 1. The molecule has 0 saturated heterocycles. The van der Waals surface area contributed by atoms with E-state index in [2.05, 4.69) is 5.32 Å². The van der Waals surface area contributed by atoms with Crippen molar-refractivity contribution in [2.24, 2.45) is 7.05 Å². The van der Waals surface area contributed by atoms with Gasteiger partial charge in [0, 0.05) is 43.3 Å². The maximum absolute atomic E-state index is 15.0. The fourth-order valence-corrected chi connectivity index (χ4v) is 5.96. The molecule has 0 fully saturated rings. The van der Waals surface area contributed by atoms with E-state index in [1.165, 1.54) is 22.6 Å². The van der Waals surface area contributed by atoms with Gasteiger partial charge in [-0.25, -0.2) is 22.0 Å². The molecule has 1 atom stereocenters. The lowest BCUT2D eigenvalue weighted by Gasteiger charge is -2.33. The number of methoxy groups -OCH3 is 1. The number of pyridine rings is 1. The number of allylic oxidation sites excluding steroid dienone is 1. The first-order valence-corrected chi connectivity index (χ1v) is 13.2. The predicted molar refractivity (Wildman–Crippen MR) is 131 cm³/mol. The normalized spacial score (nSPS) is 18.9. The minimum atomic E-state index is -3.55. The minimum absolute atomic E-state index is 0.0140. The first-order chi connectivity index (χ1) is 17.0. The number of anilines is 1. The maximum Gasteiger partial charge on any atom is 0.355 e. The third-order valence-electron chi connectivity index (χ3n) is 6.57. The fraction of sp³-hybridized carbons (Fsp3) is 0.280. The van der Waals surface area contributed by atoms with Crippen molar-refractivity contribution >= 4 is 32.8 Å². The van der Waals surface area contributed by atoms with Crippen molar-refractivity contribution in [3.8, 4) is 0 Å². The quantitative estimate of drug-likeness (QED) is 0.623. The van der Waals surface area contributed by atoms with Gasteiger partial charge < -0.3 is 19.5 Å². The van der Waals surface area contributed by atoms with Gasteiger partial charge >= 0.3 is 5.97 Å². The molecular weight excluding hydrogens is 492 g/mol. The van der Waals surface area contributed by atoms with Crippen molar-refractivity contribution in [3.05, 3.63) is 86.5 Å². The first-order valence-electron chi connectivity index (χ1n) is 11.2. The van der Waals surface area contributed by atoms with Crippen LogP contribution in [0.1, 0.15) is 17.5 Å². The number of nitrogens with zero attached hydrogens (tertiary/aromatic N) is 2. The average molecular weight is 516 g/mol. The lowest BCUT2D eigenvalue weighted by Crippen LogP contribution is -2.41. The van der Waals surface area contributed by atoms with Gasteiger partial charge in [0.2, 0.25) is 0 Å². The van der Waals surface area contributed by atoms with E-state index in [9.17, 15) is 22.4 Å². The van der Waals surface area contributed by atoms with Crippen molar-refractivity contribution in [2.75, 3.05) is 30.6 Å². The smallest absolute Gasteiger partial charge is 0.355 e. The number of carbonyl (C=O) groups excluding carboxylic acids is 1. The van der Waals surface area contributed by atoms with E-state index in [0.717, 1.165) is 18.4 Å². The van der Waals surface area contributed by atoms with Crippen LogP contribution in [-0.4, -0.2) is 50.7 Å². The van der Waals surface area contributed by atoms with Gasteiger partial charge in [0.25, 0.3) is 5.56 Å². The number of sulfone groups is 1. The second-order valence-corrected chi connectivity index (χ2v) is 11.1. The van der Waals surface area contributed by atoms with E-state index < -0.39 is 33.5 Å². The Morgan fingerprint density at radius 1 is 1.25 bits per heavy atom. The number of benzene rings is 1. The van der Waals surface area contributed by atoms with Crippen LogP contribution >= 0.6 is 0 Å². The van der Waals surface area contributed by atoms with Gasteiger partial charge in [0.05, 0.1) is 35.9 Å². The Kier molecular flexibility index (Phi) is 5.62. The molecule has 1 aromatic heterocycles. The summed E-state index contributed by atoms with van der Waals surface area (Å²) in [7, 11) is -0.772. The Morgan fingerprint density at radius 3 is 2.67 bits per heavy atom. The Labute approximate surface area is 206 Å². The van der Waals surface area contributed by atoms with Crippen molar-refractivity contribution in [1.29, 1.82) is 0 Å². The number of halogens is 2. The SMILES string of the molecule is COC(=O)C1=C2C=C(CS(C)(=O)=O)c3ccn(C)c(=O)c3C3=C2C(CCN3)N1c1ccc(F)cc1F. The van der Waals surface area contributed by atoms with Crippen molar-refractivity contribution < 1.29 is 26.7 Å². The highest BCUT2D eigenvalue weighted by atomic mass is 32.2. The van der Waals surface area contributed by atoms with Gasteiger partial charge in [-0.2, -0.15) is 0 Å². The zero-order valence-corrected chi connectivity index (χ0v) is 20.6. The zero-order valence-electron chi connectivity index (χ0n) is 19.8. The summed E-state index contributed by atoms with van der Waals surface area (Å²) < 4.78 is 60.0. The summed E-state index contributed by atoms with van der Waals surface area (Å²) in [5.41, 5.74) is 1.96. The number of nitrogens with one attached hydrogen (secondary N) is 1. The molecule has 0 spiro atoms. The summed E-state index contributed by atoms with van der Waals surface area (Å²) in [4.78, 5) is 28.0. The van der Waals surface area contributed by atoms with Crippen LogP contribution in [0.4, 0.5) is 14.5 Å². The van der Waals surface area contributed by atoms with Crippen molar-refractivity contribution in [3.63, 3.8) is 0 Å². The number of rotatable bonds is 4. The van der Waals surface area contributed by atoms with Gasteiger partial charge in [-0.3, -0.25) is 4.79 Å². The summed E-state index contributed by atoms with van der Waals surface area (Å²) in [6.07, 6.45) is 4.63. The Bertz CT molecular complexity index is 1590. The van der Waals surface area contributed by atoms with Crippen LogP contribution in [0.25, 0.3) is 11.3 Å².